The minimum Gasteiger partial charge on any atom is -0.491 e. The third-order valence-corrected chi connectivity index (χ3v) is 9.20. The number of hydrogen-bond donors (Lipinski definition) is 0. The average Bonchev–Trinajstić information content (AvgIpc) is 3.16. The van der Waals surface area contributed by atoms with Crippen LogP contribution in [0, 0.1) is 0 Å². The van der Waals surface area contributed by atoms with Crippen LogP contribution in [-0.2, 0) is 39.6 Å². The third kappa shape index (κ3) is 35.3. The largest absolute Gasteiger partial charge is 0.491 e. The summed E-state index contributed by atoms with van der Waals surface area (Å²) in [5, 5.41) is 0. The monoisotopic (exact) mass is 737 g/mol. The molecule has 0 atom stereocenters. The molecule has 8 nitrogen and oxygen atoms in total. The molecular weight excluding hydrogens is 656 g/mol. The summed E-state index contributed by atoms with van der Waals surface area (Å²) in [6.45, 7) is 10.3. The van der Waals surface area contributed by atoms with E-state index in [1.807, 2.05) is 0 Å². The summed E-state index contributed by atoms with van der Waals surface area (Å²) in [5.74, 6) is 0.766. The molecule has 52 heavy (non-hydrogen) atoms. The minimum atomic E-state index is -0.122. The lowest BCUT2D eigenvalue weighted by molar-refractivity contribution is -0.145. The van der Waals surface area contributed by atoms with Crippen molar-refractivity contribution in [3.63, 3.8) is 0 Å². The molecule has 0 saturated carbocycles. The van der Waals surface area contributed by atoms with Crippen LogP contribution in [0.3, 0.4) is 0 Å². The molecule has 0 heterocycles. The number of benzene rings is 1. The second-order valence-electron chi connectivity index (χ2n) is 14.0. The van der Waals surface area contributed by atoms with E-state index in [2.05, 4.69) is 38.1 Å². The van der Waals surface area contributed by atoms with Crippen LogP contribution in [-0.4, -0.2) is 85.3 Å². The summed E-state index contributed by atoms with van der Waals surface area (Å²) in [7, 11) is 0. The smallest absolute Gasteiger partial charge is 0.305 e. The first-order valence-electron chi connectivity index (χ1n) is 21.5. The molecule has 0 spiro atoms. The van der Waals surface area contributed by atoms with Crippen LogP contribution in [0.25, 0.3) is 0 Å². The predicted octanol–water partition coefficient (Wildman–Crippen LogP) is 10.9. The zero-order valence-corrected chi connectivity index (χ0v) is 33.8. The Kier molecular flexibility index (Phi) is 37.6. The van der Waals surface area contributed by atoms with Gasteiger partial charge in [0, 0.05) is 6.42 Å². The van der Waals surface area contributed by atoms with E-state index in [-0.39, 0.29) is 5.97 Å². The van der Waals surface area contributed by atoms with Gasteiger partial charge in [0.25, 0.3) is 0 Å². The number of unbranched alkanes of at least 4 members (excludes halogenated alkanes) is 19. The van der Waals surface area contributed by atoms with Crippen molar-refractivity contribution in [1.29, 1.82) is 0 Å². The fourth-order valence-electron chi connectivity index (χ4n) is 5.99. The number of esters is 1. The highest BCUT2D eigenvalue weighted by atomic mass is 16.6. The number of ether oxygens (including phenoxy) is 7. The zero-order chi connectivity index (χ0) is 37.3. The lowest BCUT2D eigenvalue weighted by atomic mass is 10.0. The first-order valence-corrected chi connectivity index (χ1v) is 21.5. The summed E-state index contributed by atoms with van der Waals surface area (Å²) in [4.78, 5) is 11.9. The molecule has 0 aliphatic rings. The van der Waals surface area contributed by atoms with E-state index in [4.69, 9.17) is 33.2 Å². The van der Waals surface area contributed by atoms with Gasteiger partial charge >= 0.3 is 5.97 Å². The third-order valence-electron chi connectivity index (χ3n) is 9.20. The molecule has 0 saturated heterocycles. The maximum absolute atomic E-state index is 11.9. The van der Waals surface area contributed by atoms with Gasteiger partial charge in [0.2, 0.25) is 0 Å². The quantitative estimate of drug-likeness (QED) is 0.0485. The molecule has 304 valence electrons. The Labute approximate surface area is 319 Å². The van der Waals surface area contributed by atoms with E-state index in [0.29, 0.717) is 85.7 Å². The molecule has 1 rings (SSSR count). The number of aryl methyl sites for hydroxylation is 1. The first kappa shape index (κ1) is 48.3. The molecule has 0 N–H and O–H groups in total. The van der Waals surface area contributed by atoms with Gasteiger partial charge in [-0.3, -0.25) is 4.79 Å². The highest BCUT2D eigenvalue weighted by molar-refractivity contribution is 5.69. The van der Waals surface area contributed by atoms with Gasteiger partial charge in [-0.15, -0.1) is 0 Å². The molecular formula is C44H80O8. The van der Waals surface area contributed by atoms with E-state index < -0.39 is 0 Å². The fourth-order valence-corrected chi connectivity index (χ4v) is 5.99. The van der Waals surface area contributed by atoms with Crippen LogP contribution in [0.15, 0.2) is 24.3 Å². The molecule has 0 radical (unpaired) electrons. The van der Waals surface area contributed by atoms with Crippen molar-refractivity contribution >= 4 is 5.97 Å². The van der Waals surface area contributed by atoms with Gasteiger partial charge in [-0.05, 0) is 37.0 Å². The molecule has 8 heteroatoms. The Balaban J connectivity index is 1.72. The van der Waals surface area contributed by atoms with Gasteiger partial charge in [-0.25, -0.2) is 0 Å². The second kappa shape index (κ2) is 40.5. The summed E-state index contributed by atoms with van der Waals surface area (Å²) in [6.07, 6.45) is 29.4. The average molecular weight is 737 g/mol. The van der Waals surface area contributed by atoms with Gasteiger partial charge in [0.15, 0.2) is 0 Å². The summed E-state index contributed by atoms with van der Waals surface area (Å²) < 4.78 is 38.7. The van der Waals surface area contributed by atoms with Crippen LogP contribution < -0.4 is 4.74 Å². The van der Waals surface area contributed by atoms with Crippen LogP contribution in [0.2, 0.25) is 0 Å². The number of hydrogen-bond acceptors (Lipinski definition) is 8. The maximum atomic E-state index is 11.9. The van der Waals surface area contributed by atoms with Crippen molar-refractivity contribution in [3.8, 4) is 5.75 Å². The van der Waals surface area contributed by atoms with E-state index in [0.717, 1.165) is 25.0 Å². The normalized spacial score (nSPS) is 11.3. The Morgan fingerprint density at radius 3 is 1.17 bits per heavy atom. The Morgan fingerprint density at radius 1 is 0.404 bits per heavy atom. The van der Waals surface area contributed by atoms with E-state index in [9.17, 15) is 4.79 Å². The van der Waals surface area contributed by atoms with Gasteiger partial charge in [-0.2, -0.15) is 0 Å². The molecule has 0 bridgehead atoms. The first-order chi connectivity index (χ1) is 25.8. The molecule has 0 aliphatic carbocycles. The molecule has 0 fully saturated rings. The summed E-state index contributed by atoms with van der Waals surface area (Å²) in [5.41, 5.74) is 1.38. The fraction of sp³-hybridized carbons (Fsp3) is 0.841. The SMILES string of the molecule is CCCCCCCCCCCCCCCCCC(=O)OCCOCCOCCOCCOCCOCCOc1ccc(CCCCCCCC)cc1. The lowest BCUT2D eigenvalue weighted by Gasteiger charge is -2.09. The van der Waals surface area contributed by atoms with E-state index >= 15 is 0 Å². The molecule has 1 aromatic rings. The van der Waals surface area contributed by atoms with Crippen LogP contribution >= 0.6 is 0 Å². The molecule has 0 amide bonds. The van der Waals surface area contributed by atoms with Crippen LogP contribution in [0.1, 0.15) is 161 Å². The summed E-state index contributed by atoms with van der Waals surface area (Å²) in [6, 6.07) is 8.45. The number of carbonyl (C=O) groups is 1. The van der Waals surface area contributed by atoms with Crippen molar-refractivity contribution in [2.24, 2.45) is 0 Å². The van der Waals surface area contributed by atoms with Crippen LogP contribution in [0.4, 0.5) is 0 Å². The topological polar surface area (TPSA) is 81.7 Å². The van der Waals surface area contributed by atoms with E-state index in [1.165, 1.54) is 128 Å². The van der Waals surface area contributed by atoms with Crippen molar-refractivity contribution in [2.45, 2.75) is 162 Å². The van der Waals surface area contributed by atoms with Gasteiger partial charge < -0.3 is 33.2 Å². The van der Waals surface area contributed by atoms with Crippen molar-refractivity contribution in [2.75, 3.05) is 79.3 Å². The van der Waals surface area contributed by atoms with Crippen molar-refractivity contribution < 1.29 is 38.0 Å². The summed E-state index contributed by atoms with van der Waals surface area (Å²) >= 11 is 0. The van der Waals surface area contributed by atoms with Crippen LogP contribution in [0.5, 0.6) is 5.75 Å². The molecule has 1 aromatic carbocycles. The second-order valence-corrected chi connectivity index (χ2v) is 14.0. The highest BCUT2D eigenvalue weighted by Gasteiger charge is 2.03. The molecule has 0 aliphatic heterocycles. The van der Waals surface area contributed by atoms with Crippen molar-refractivity contribution in [3.05, 3.63) is 29.8 Å². The van der Waals surface area contributed by atoms with Gasteiger partial charge in [-0.1, -0.05) is 148 Å². The molecule has 0 unspecified atom stereocenters. The zero-order valence-electron chi connectivity index (χ0n) is 33.8. The van der Waals surface area contributed by atoms with Gasteiger partial charge in [0.05, 0.1) is 66.1 Å². The maximum Gasteiger partial charge on any atom is 0.305 e. The van der Waals surface area contributed by atoms with Crippen molar-refractivity contribution in [1.82, 2.24) is 0 Å². The Hall–Kier alpha value is -1.71. The standard InChI is InChI=1S/C44H80O8/c1-3-5-7-9-11-12-13-14-15-16-17-18-19-21-23-25-44(45)52-41-39-50-37-35-48-33-31-46-30-32-47-34-36-49-38-40-51-43-28-26-42(27-29-43)24-22-20-10-8-6-4-2/h26-29H,3-25,30-41H2,1-2H3. The van der Waals surface area contributed by atoms with Gasteiger partial charge in [0.1, 0.15) is 19.0 Å². The number of rotatable bonds is 42. The lowest BCUT2D eigenvalue weighted by Crippen LogP contribution is -2.15. The Bertz CT molecular complexity index is 849. The number of carbonyl (C=O) groups excluding carboxylic acids is 1. The minimum absolute atomic E-state index is 0.122. The highest BCUT2D eigenvalue weighted by Crippen LogP contribution is 2.16. The predicted molar refractivity (Wildman–Crippen MR) is 214 cm³/mol. The molecule has 0 aromatic heterocycles. The van der Waals surface area contributed by atoms with E-state index in [1.54, 1.807) is 0 Å². The Morgan fingerprint density at radius 2 is 0.750 bits per heavy atom.